The minimum Gasteiger partial charge on any atom is -0.392 e. The van der Waals surface area contributed by atoms with E-state index in [2.05, 4.69) is 22.2 Å². The maximum Gasteiger partial charge on any atom is 0.138 e. The van der Waals surface area contributed by atoms with Gasteiger partial charge in [-0.05, 0) is 17.5 Å². The van der Waals surface area contributed by atoms with Gasteiger partial charge >= 0.3 is 0 Å². The second-order valence-electron chi connectivity index (χ2n) is 4.58. The first kappa shape index (κ1) is 10.5. The molecule has 1 aliphatic carbocycles. The Bertz CT molecular complexity index is 535. The van der Waals surface area contributed by atoms with Crippen molar-refractivity contribution in [2.45, 2.75) is 24.9 Å². The highest BCUT2D eigenvalue weighted by atomic mass is 16.3. The molecule has 0 aliphatic heterocycles. The van der Waals surface area contributed by atoms with Crippen LogP contribution in [0, 0.1) is 0 Å². The molecule has 4 heteroatoms. The summed E-state index contributed by atoms with van der Waals surface area (Å²) in [5.41, 5.74) is 2.64. The SMILES string of the molecule is Cn1ncnc1CC(O)C1Cc2ccccc21. The van der Waals surface area contributed by atoms with Crippen molar-refractivity contribution in [1.29, 1.82) is 0 Å². The molecule has 1 heterocycles. The highest BCUT2D eigenvalue weighted by Gasteiger charge is 2.32. The van der Waals surface area contributed by atoms with Crippen LogP contribution in [0.3, 0.4) is 0 Å². The van der Waals surface area contributed by atoms with E-state index >= 15 is 0 Å². The number of hydrogen-bond donors (Lipinski definition) is 1. The Kier molecular flexibility index (Phi) is 2.44. The molecular formula is C13H15N3O. The zero-order chi connectivity index (χ0) is 11.8. The minimum atomic E-state index is -0.368. The minimum absolute atomic E-state index is 0.253. The Morgan fingerprint density at radius 2 is 2.29 bits per heavy atom. The molecule has 0 spiro atoms. The third-order valence-corrected chi connectivity index (χ3v) is 3.56. The third-order valence-electron chi connectivity index (χ3n) is 3.56. The van der Waals surface area contributed by atoms with Crippen LogP contribution in [0.2, 0.25) is 0 Å². The maximum absolute atomic E-state index is 10.2. The second-order valence-corrected chi connectivity index (χ2v) is 4.58. The summed E-state index contributed by atoms with van der Waals surface area (Å²) in [6.45, 7) is 0. The highest BCUT2D eigenvalue weighted by molar-refractivity contribution is 5.40. The molecule has 0 saturated carbocycles. The van der Waals surface area contributed by atoms with Gasteiger partial charge in [0, 0.05) is 19.4 Å². The van der Waals surface area contributed by atoms with Crippen molar-refractivity contribution in [2.75, 3.05) is 0 Å². The first-order chi connectivity index (χ1) is 8.25. The molecule has 1 aromatic heterocycles. The summed E-state index contributed by atoms with van der Waals surface area (Å²) in [6, 6.07) is 8.30. The molecule has 2 unspecified atom stereocenters. The molecule has 0 amide bonds. The smallest absolute Gasteiger partial charge is 0.138 e. The third kappa shape index (κ3) is 1.74. The number of aryl methyl sites for hydroxylation is 1. The molecule has 0 radical (unpaired) electrons. The van der Waals surface area contributed by atoms with E-state index < -0.39 is 0 Å². The van der Waals surface area contributed by atoms with Gasteiger partial charge in [0.25, 0.3) is 0 Å². The maximum atomic E-state index is 10.2. The normalized spacial score (nSPS) is 19.5. The molecular weight excluding hydrogens is 214 g/mol. The summed E-state index contributed by atoms with van der Waals surface area (Å²) in [4.78, 5) is 4.14. The molecule has 1 aromatic carbocycles. The van der Waals surface area contributed by atoms with E-state index in [1.54, 1.807) is 4.68 Å². The molecule has 4 nitrogen and oxygen atoms in total. The van der Waals surface area contributed by atoms with Gasteiger partial charge in [-0.3, -0.25) is 4.68 Å². The van der Waals surface area contributed by atoms with E-state index in [4.69, 9.17) is 0 Å². The number of rotatable bonds is 3. The molecule has 88 valence electrons. The Balaban J connectivity index is 1.74. The van der Waals surface area contributed by atoms with Gasteiger partial charge in [0.15, 0.2) is 0 Å². The number of nitrogens with zero attached hydrogens (tertiary/aromatic N) is 3. The van der Waals surface area contributed by atoms with E-state index in [9.17, 15) is 5.11 Å². The van der Waals surface area contributed by atoms with E-state index in [-0.39, 0.29) is 12.0 Å². The average Bonchev–Trinajstić information content (AvgIpc) is 2.66. The molecule has 1 N–H and O–H groups in total. The lowest BCUT2D eigenvalue weighted by molar-refractivity contribution is 0.130. The van der Waals surface area contributed by atoms with Crippen LogP contribution in [-0.4, -0.2) is 26.0 Å². The second kappa shape index (κ2) is 3.96. The topological polar surface area (TPSA) is 50.9 Å². The van der Waals surface area contributed by atoms with Crippen molar-refractivity contribution < 1.29 is 5.11 Å². The summed E-state index contributed by atoms with van der Waals surface area (Å²) in [5, 5.41) is 14.2. The van der Waals surface area contributed by atoms with Crippen LogP contribution in [0.4, 0.5) is 0 Å². The molecule has 0 fully saturated rings. The van der Waals surface area contributed by atoms with Crippen LogP contribution in [0.5, 0.6) is 0 Å². The standard InChI is InChI=1S/C13H15N3O/c1-16-13(14-8-15-16)7-12(17)11-6-9-4-2-3-5-10(9)11/h2-5,8,11-12,17H,6-7H2,1H3. The van der Waals surface area contributed by atoms with Gasteiger partial charge in [0.2, 0.25) is 0 Å². The van der Waals surface area contributed by atoms with Gasteiger partial charge in [0.1, 0.15) is 12.2 Å². The summed E-state index contributed by atoms with van der Waals surface area (Å²) in [7, 11) is 1.85. The summed E-state index contributed by atoms with van der Waals surface area (Å²) in [6.07, 6.45) is 2.69. The van der Waals surface area contributed by atoms with Gasteiger partial charge in [-0.25, -0.2) is 4.98 Å². The van der Waals surface area contributed by atoms with Crippen molar-refractivity contribution in [3.63, 3.8) is 0 Å². The number of hydrogen-bond acceptors (Lipinski definition) is 3. The predicted molar refractivity (Wildman–Crippen MR) is 63.6 cm³/mol. The van der Waals surface area contributed by atoms with E-state index in [1.165, 1.54) is 17.5 Å². The fourth-order valence-corrected chi connectivity index (χ4v) is 2.48. The fourth-order valence-electron chi connectivity index (χ4n) is 2.48. The number of aliphatic hydroxyl groups is 1. The Hall–Kier alpha value is -1.68. The molecule has 17 heavy (non-hydrogen) atoms. The van der Waals surface area contributed by atoms with Crippen molar-refractivity contribution in [3.05, 3.63) is 47.5 Å². The highest BCUT2D eigenvalue weighted by Crippen LogP contribution is 2.37. The molecule has 1 aliphatic rings. The van der Waals surface area contributed by atoms with Crippen LogP contribution in [0.25, 0.3) is 0 Å². The Labute approximate surface area is 99.9 Å². The first-order valence-electron chi connectivity index (χ1n) is 5.84. The molecule has 0 bridgehead atoms. The molecule has 3 rings (SSSR count). The van der Waals surface area contributed by atoms with Crippen LogP contribution in [0.15, 0.2) is 30.6 Å². The van der Waals surface area contributed by atoms with Crippen molar-refractivity contribution in [2.24, 2.45) is 7.05 Å². The first-order valence-corrected chi connectivity index (χ1v) is 5.84. The lowest BCUT2D eigenvalue weighted by Crippen LogP contribution is -2.31. The lowest BCUT2D eigenvalue weighted by Gasteiger charge is -2.33. The van der Waals surface area contributed by atoms with E-state index in [0.717, 1.165) is 12.2 Å². The summed E-state index contributed by atoms with van der Waals surface area (Å²) < 4.78 is 1.72. The van der Waals surface area contributed by atoms with Crippen LogP contribution >= 0.6 is 0 Å². The summed E-state index contributed by atoms with van der Waals surface area (Å²) >= 11 is 0. The fraction of sp³-hybridized carbons (Fsp3) is 0.385. The van der Waals surface area contributed by atoms with E-state index in [0.29, 0.717) is 6.42 Å². The zero-order valence-electron chi connectivity index (χ0n) is 9.74. The number of aromatic nitrogens is 3. The van der Waals surface area contributed by atoms with Gasteiger partial charge < -0.3 is 5.11 Å². The number of fused-ring (bicyclic) bond motifs is 1. The van der Waals surface area contributed by atoms with Crippen molar-refractivity contribution in [1.82, 2.24) is 14.8 Å². The number of benzene rings is 1. The van der Waals surface area contributed by atoms with Gasteiger partial charge in [-0.15, -0.1) is 0 Å². The van der Waals surface area contributed by atoms with Crippen molar-refractivity contribution >= 4 is 0 Å². The van der Waals surface area contributed by atoms with E-state index in [1.807, 2.05) is 19.2 Å². The van der Waals surface area contributed by atoms with Crippen LogP contribution < -0.4 is 0 Å². The Morgan fingerprint density at radius 3 is 3.00 bits per heavy atom. The largest absolute Gasteiger partial charge is 0.392 e. The Morgan fingerprint density at radius 1 is 1.47 bits per heavy atom. The molecule has 2 aromatic rings. The monoisotopic (exact) mass is 229 g/mol. The van der Waals surface area contributed by atoms with Gasteiger partial charge in [-0.1, -0.05) is 24.3 Å². The van der Waals surface area contributed by atoms with Crippen LogP contribution in [-0.2, 0) is 19.9 Å². The molecule has 2 atom stereocenters. The lowest BCUT2D eigenvalue weighted by atomic mass is 9.74. The van der Waals surface area contributed by atoms with Gasteiger partial charge in [-0.2, -0.15) is 5.10 Å². The zero-order valence-corrected chi connectivity index (χ0v) is 9.74. The van der Waals surface area contributed by atoms with Gasteiger partial charge in [0.05, 0.1) is 6.10 Å². The molecule has 0 saturated heterocycles. The quantitative estimate of drug-likeness (QED) is 0.856. The van der Waals surface area contributed by atoms with Crippen LogP contribution in [0.1, 0.15) is 22.9 Å². The predicted octanol–water partition coefficient (Wildman–Crippen LogP) is 1.06. The summed E-state index contributed by atoms with van der Waals surface area (Å²) in [5.74, 6) is 1.09. The van der Waals surface area contributed by atoms with Crippen molar-refractivity contribution in [3.8, 4) is 0 Å². The number of aliphatic hydroxyl groups excluding tert-OH is 1. The average molecular weight is 229 g/mol.